The molecule has 1 aliphatic carbocycles. The molecule has 1 heterocycles. The summed E-state index contributed by atoms with van der Waals surface area (Å²) in [6, 6.07) is 14.6. The van der Waals surface area contributed by atoms with E-state index in [2.05, 4.69) is 45.1 Å². The summed E-state index contributed by atoms with van der Waals surface area (Å²) >= 11 is 3.82. The average molecular weight is 518 g/mol. The Morgan fingerprint density at radius 2 is 1.97 bits per heavy atom. The third-order valence-electron chi connectivity index (χ3n) is 6.71. The minimum atomic E-state index is -2.22. The molecule has 1 aliphatic heterocycles. The summed E-state index contributed by atoms with van der Waals surface area (Å²) in [4.78, 5) is 14.2. The van der Waals surface area contributed by atoms with E-state index in [1.807, 2.05) is 18.2 Å². The van der Waals surface area contributed by atoms with Crippen molar-refractivity contribution >= 4 is 27.5 Å². The van der Waals surface area contributed by atoms with Crippen LogP contribution in [0.15, 0.2) is 46.9 Å². The van der Waals surface area contributed by atoms with Gasteiger partial charge in [-0.15, -0.1) is 0 Å². The number of rotatable bonds is 7. The minimum Gasteiger partial charge on any atom is -0.465 e. The van der Waals surface area contributed by atoms with E-state index in [9.17, 15) is 13.6 Å². The molecule has 0 spiro atoms. The van der Waals surface area contributed by atoms with Crippen molar-refractivity contribution in [2.75, 3.05) is 26.7 Å². The number of alkyl halides is 2. The van der Waals surface area contributed by atoms with Gasteiger partial charge >= 0.3 is 5.97 Å². The topological polar surface area (TPSA) is 29.5 Å². The second-order valence-corrected chi connectivity index (χ2v) is 9.99. The number of likely N-dealkylation sites (tertiary alicyclic amines) is 1. The van der Waals surface area contributed by atoms with Gasteiger partial charge in [-0.1, -0.05) is 46.3 Å². The number of carbonyl (C=O) groups excluding carboxylic acids is 1. The Morgan fingerprint density at radius 1 is 1.18 bits per heavy atom. The fraction of sp³-hybridized carbons (Fsp3) is 0.444. The lowest BCUT2D eigenvalue weighted by molar-refractivity contribution is 0.0600. The van der Waals surface area contributed by atoms with E-state index < -0.39 is 6.43 Å². The molecule has 0 N–H and O–H groups in total. The number of ether oxygens (including phenoxy) is 1. The first-order valence-corrected chi connectivity index (χ1v) is 12.4. The number of carbonyl (C=O) groups is 1. The van der Waals surface area contributed by atoms with Gasteiger partial charge in [-0.2, -0.15) is 0 Å². The van der Waals surface area contributed by atoms with Gasteiger partial charge in [-0.3, -0.25) is 0 Å². The van der Waals surface area contributed by atoms with Crippen LogP contribution < -0.4 is 0 Å². The summed E-state index contributed by atoms with van der Waals surface area (Å²) in [5.74, 6) is 0.213. The number of hydrogen-bond acceptors (Lipinski definition) is 3. The molecule has 4 rings (SSSR count). The summed E-state index contributed by atoms with van der Waals surface area (Å²) in [6.45, 7) is 2.31. The zero-order valence-corrected chi connectivity index (χ0v) is 20.5. The zero-order valence-electron chi connectivity index (χ0n) is 19.0. The van der Waals surface area contributed by atoms with Crippen molar-refractivity contribution in [3.63, 3.8) is 0 Å². The summed E-state index contributed by atoms with van der Waals surface area (Å²) in [7, 11) is 1.41. The molecule has 0 bridgehead atoms. The predicted octanol–water partition coefficient (Wildman–Crippen LogP) is 6.48. The van der Waals surface area contributed by atoms with E-state index in [4.69, 9.17) is 4.74 Å². The predicted molar refractivity (Wildman–Crippen MR) is 131 cm³/mol. The van der Waals surface area contributed by atoms with Crippen molar-refractivity contribution in [2.24, 2.45) is 5.92 Å². The Labute approximate surface area is 202 Å². The van der Waals surface area contributed by atoms with Crippen LogP contribution in [-0.4, -0.2) is 44.0 Å². The van der Waals surface area contributed by atoms with Crippen LogP contribution in [0.4, 0.5) is 8.78 Å². The van der Waals surface area contributed by atoms with Gasteiger partial charge < -0.3 is 9.64 Å². The van der Waals surface area contributed by atoms with Gasteiger partial charge in [0.15, 0.2) is 0 Å². The molecule has 0 radical (unpaired) electrons. The van der Waals surface area contributed by atoms with Crippen LogP contribution in [-0.2, 0) is 17.6 Å². The van der Waals surface area contributed by atoms with Gasteiger partial charge in [0.05, 0.1) is 12.7 Å². The Hall–Kier alpha value is -2.05. The van der Waals surface area contributed by atoms with Crippen LogP contribution >= 0.6 is 15.9 Å². The number of fused-ring (bicyclic) bond motifs is 1. The van der Waals surface area contributed by atoms with Crippen LogP contribution in [0.25, 0.3) is 5.57 Å². The molecule has 33 heavy (non-hydrogen) atoms. The molecule has 2 aliphatic rings. The molecule has 2 aromatic carbocycles. The van der Waals surface area contributed by atoms with E-state index in [1.54, 1.807) is 0 Å². The normalized spacial score (nSPS) is 19.0. The van der Waals surface area contributed by atoms with Crippen molar-refractivity contribution in [2.45, 2.75) is 45.0 Å². The fourth-order valence-corrected chi connectivity index (χ4v) is 5.73. The van der Waals surface area contributed by atoms with Gasteiger partial charge in [-0.25, -0.2) is 13.6 Å². The Morgan fingerprint density at radius 3 is 2.70 bits per heavy atom. The lowest BCUT2D eigenvalue weighted by atomic mass is 9.91. The maximum absolute atomic E-state index is 12.5. The maximum atomic E-state index is 12.5. The van der Waals surface area contributed by atoms with E-state index >= 15 is 0 Å². The number of halogens is 3. The lowest BCUT2D eigenvalue weighted by Crippen LogP contribution is -2.23. The summed E-state index contributed by atoms with van der Waals surface area (Å²) in [6.07, 6.45) is 2.68. The summed E-state index contributed by atoms with van der Waals surface area (Å²) in [5.41, 5.74) is 6.54. The van der Waals surface area contributed by atoms with E-state index in [1.165, 1.54) is 28.3 Å². The number of methoxy groups -OCH3 is 1. The van der Waals surface area contributed by atoms with Gasteiger partial charge in [0.2, 0.25) is 6.43 Å². The van der Waals surface area contributed by atoms with Crippen molar-refractivity contribution in [1.82, 2.24) is 4.90 Å². The van der Waals surface area contributed by atoms with Crippen LogP contribution in [0, 0.1) is 5.92 Å². The third-order valence-corrected chi connectivity index (χ3v) is 7.50. The van der Waals surface area contributed by atoms with Crippen molar-refractivity contribution in [1.29, 1.82) is 0 Å². The fourth-order valence-electron chi connectivity index (χ4n) is 5.01. The minimum absolute atomic E-state index is 0.0337. The van der Waals surface area contributed by atoms with E-state index in [0.29, 0.717) is 18.0 Å². The molecule has 1 unspecified atom stereocenters. The highest BCUT2D eigenvalue weighted by Gasteiger charge is 2.24. The van der Waals surface area contributed by atoms with E-state index in [-0.39, 0.29) is 12.4 Å². The molecule has 6 heteroatoms. The lowest BCUT2D eigenvalue weighted by Gasteiger charge is -2.16. The molecule has 1 saturated heterocycles. The molecule has 0 aromatic heterocycles. The molecule has 2 aromatic rings. The second-order valence-electron chi connectivity index (χ2n) is 9.03. The van der Waals surface area contributed by atoms with Crippen molar-refractivity contribution < 1.29 is 18.3 Å². The Kier molecular flexibility index (Phi) is 7.97. The van der Waals surface area contributed by atoms with Gasteiger partial charge in [0, 0.05) is 24.0 Å². The van der Waals surface area contributed by atoms with E-state index in [0.717, 1.165) is 56.3 Å². The molecule has 1 atom stereocenters. The quantitative estimate of drug-likeness (QED) is 0.393. The highest BCUT2D eigenvalue weighted by Crippen LogP contribution is 2.38. The first-order valence-electron chi connectivity index (χ1n) is 11.6. The molecule has 0 saturated carbocycles. The van der Waals surface area contributed by atoms with Crippen molar-refractivity contribution in [3.05, 3.63) is 74.8 Å². The number of allylic oxidation sites excluding steroid dienone is 1. The molecule has 176 valence electrons. The average Bonchev–Trinajstić information content (AvgIpc) is 3.19. The third kappa shape index (κ3) is 5.90. The van der Waals surface area contributed by atoms with Gasteiger partial charge in [-0.05, 0) is 84.5 Å². The summed E-state index contributed by atoms with van der Waals surface area (Å²) in [5, 5.41) is 0. The van der Waals surface area contributed by atoms with Crippen LogP contribution in [0.2, 0.25) is 0 Å². The van der Waals surface area contributed by atoms with Crippen LogP contribution in [0.3, 0.4) is 0 Å². The summed E-state index contributed by atoms with van der Waals surface area (Å²) < 4.78 is 31.1. The largest absolute Gasteiger partial charge is 0.465 e. The first-order chi connectivity index (χ1) is 15.9. The molecule has 0 amide bonds. The van der Waals surface area contributed by atoms with Crippen LogP contribution in [0.5, 0.6) is 0 Å². The first kappa shape index (κ1) is 24.1. The smallest absolute Gasteiger partial charge is 0.337 e. The number of benzene rings is 2. The molecular weight excluding hydrogens is 488 g/mol. The zero-order chi connectivity index (χ0) is 23.4. The van der Waals surface area contributed by atoms with Gasteiger partial charge in [0.1, 0.15) is 0 Å². The molecular formula is C27H30BrF2NO2. The monoisotopic (exact) mass is 517 g/mol. The highest BCUT2D eigenvalue weighted by atomic mass is 79.9. The highest BCUT2D eigenvalue weighted by molar-refractivity contribution is 9.11. The van der Waals surface area contributed by atoms with Crippen LogP contribution in [0.1, 0.15) is 58.3 Å². The number of aryl methyl sites for hydroxylation is 1. The van der Waals surface area contributed by atoms with Gasteiger partial charge in [0.25, 0.3) is 0 Å². The molecule has 1 fully saturated rings. The Bertz CT molecular complexity index is 1020. The Balaban J connectivity index is 1.49. The number of nitrogens with zero attached hydrogens (tertiary/aromatic N) is 1. The number of esters is 1. The number of hydrogen-bond donors (Lipinski definition) is 0. The molecule has 3 nitrogen and oxygen atoms in total. The maximum Gasteiger partial charge on any atom is 0.337 e. The van der Waals surface area contributed by atoms with Crippen molar-refractivity contribution in [3.8, 4) is 0 Å². The SMILES string of the molecule is COC(=O)c1ccc2c(c1)CCCC(Br)=C2c1ccc(CC2CCN(CCC(F)F)C2)cc1. The second kappa shape index (κ2) is 10.9. The standard InChI is InChI=1S/C27H30BrF2NO2/c1-33-27(32)22-9-10-23-21(16-22)3-2-4-24(28)26(23)20-7-5-18(6-8-20)15-19-11-13-31(17-19)14-12-25(29)30/h5-10,16,19,25H,2-4,11-15,17H2,1H3.